The van der Waals surface area contributed by atoms with Crippen LogP contribution in [0.2, 0.25) is 0 Å². The van der Waals surface area contributed by atoms with Gasteiger partial charge >= 0.3 is 12.1 Å². The first-order chi connectivity index (χ1) is 16.0. The summed E-state index contributed by atoms with van der Waals surface area (Å²) in [6.45, 7) is 5.14. The molecule has 0 aliphatic heterocycles. The Balaban J connectivity index is 1.69. The zero-order valence-corrected chi connectivity index (χ0v) is 19.3. The van der Waals surface area contributed by atoms with Crippen LogP contribution < -0.4 is 11.1 Å². The molecule has 0 aromatic heterocycles. The minimum atomic E-state index is -1.14. The number of aliphatic carboxylic acids is 1. The van der Waals surface area contributed by atoms with E-state index in [1.807, 2.05) is 48.5 Å². The first-order valence-electron chi connectivity index (χ1n) is 10.7. The number of rotatable bonds is 5. The van der Waals surface area contributed by atoms with Gasteiger partial charge in [-0.05, 0) is 67.4 Å². The van der Waals surface area contributed by atoms with Gasteiger partial charge < -0.3 is 20.9 Å². The molecule has 0 radical (unpaired) electrons. The fourth-order valence-electron chi connectivity index (χ4n) is 3.25. The van der Waals surface area contributed by atoms with E-state index in [-0.39, 0.29) is 12.3 Å². The van der Waals surface area contributed by atoms with Gasteiger partial charge in [-0.25, -0.2) is 9.59 Å². The molecule has 174 valence electrons. The second-order valence-corrected chi connectivity index (χ2v) is 8.88. The molecule has 0 fully saturated rings. The lowest BCUT2D eigenvalue weighted by molar-refractivity contribution is -0.139. The van der Waals surface area contributed by atoms with Crippen LogP contribution in [-0.4, -0.2) is 34.6 Å². The topological polar surface area (TPSA) is 126 Å². The van der Waals surface area contributed by atoms with Crippen LogP contribution in [0.5, 0.6) is 0 Å². The van der Waals surface area contributed by atoms with Crippen LogP contribution in [0.15, 0.2) is 60.7 Å². The van der Waals surface area contributed by atoms with E-state index in [4.69, 9.17) is 15.9 Å². The summed E-state index contributed by atoms with van der Waals surface area (Å²) in [5.74, 6) is 5.13. The van der Waals surface area contributed by atoms with Crippen molar-refractivity contribution in [2.75, 3.05) is 0 Å². The number of amides is 1. The predicted octanol–water partition coefficient (Wildman–Crippen LogP) is 4.04. The number of alkyl carbamates (subject to hydrolysis) is 1. The second kappa shape index (κ2) is 10.1. The van der Waals surface area contributed by atoms with E-state index in [2.05, 4.69) is 17.2 Å². The van der Waals surface area contributed by atoms with Gasteiger partial charge in [0.05, 0.1) is 0 Å². The van der Waals surface area contributed by atoms with Crippen LogP contribution in [0.25, 0.3) is 10.8 Å². The molecule has 7 nitrogen and oxygen atoms in total. The second-order valence-electron chi connectivity index (χ2n) is 8.88. The van der Waals surface area contributed by atoms with Crippen molar-refractivity contribution >= 4 is 28.7 Å². The van der Waals surface area contributed by atoms with E-state index >= 15 is 0 Å². The molecule has 0 heterocycles. The van der Waals surface area contributed by atoms with Crippen LogP contribution in [0.4, 0.5) is 4.79 Å². The molecule has 3 aromatic rings. The summed E-state index contributed by atoms with van der Waals surface area (Å²) in [5.41, 5.74) is 7.89. The predicted molar refractivity (Wildman–Crippen MR) is 132 cm³/mol. The van der Waals surface area contributed by atoms with Gasteiger partial charge in [-0.15, -0.1) is 0 Å². The quantitative estimate of drug-likeness (QED) is 0.261. The number of hydrogen-bond donors (Lipinski definition) is 4. The zero-order chi connectivity index (χ0) is 24.9. The number of hydrogen-bond acceptors (Lipinski definition) is 4. The third-order valence-corrected chi connectivity index (χ3v) is 4.89. The Hall–Kier alpha value is -4.31. The number of amidine groups is 1. The summed E-state index contributed by atoms with van der Waals surface area (Å²) >= 11 is 0. The number of nitrogens with one attached hydrogen (secondary N) is 2. The highest BCUT2D eigenvalue weighted by Crippen LogP contribution is 2.18. The van der Waals surface area contributed by atoms with Gasteiger partial charge in [-0.2, -0.15) is 0 Å². The van der Waals surface area contributed by atoms with Crippen LogP contribution in [0.3, 0.4) is 0 Å². The Morgan fingerprint density at radius 2 is 1.59 bits per heavy atom. The van der Waals surface area contributed by atoms with Crippen molar-refractivity contribution in [3.63, 3.8) is 0 Å². The first kappa shape index (κ1) is 24.3. The van der Waals surface area contributed by atoms with E-state index in [0.717, 1.165) is 27.5 Å². The highest BCUT2D eigenvalue weighted by Gasteiger charge is 2.24. The van der Waals surface area contributed by atoms with E-state index in [1.54, 1.807) is 32.9 Å². The summed E-state index contributed by atoms with van der Waals surface area (Å²) in [6.07, 6.45) is -0.648. The third kappa shape index (κ3) is 6.84. The van der Waals surface area contributed by atoms with Crippen molar-refractivity contribution in [3.05, 3.63) is 82.9 Å². The van der Waals surface area contributed by atoms with Gasteiger partial charge in [0.15, 0.2) is 0 Å². The summed E-state index contributed by atoms with van der Waals surface area (Å²) < 4.78 is 5.15. The Bertz CT molecular complexity index is 1300. The van der Waals surface area contributed by atoms with Gasteiger partial charge in [-0.1, -0.05) is 42.2 Å². The molecular weight excluding hydrogens is 430 g/mol. The summed E-state index contributed by atoms with van der Waals surface area (Å²) in [7, 11) is 0. The molecular formula is C27H27N3O4. The Labute approximate surface area is 198 Å². The maximum absolute atomic E-state index is 11.9. The number of nitrogen functional groups attached to an aromatic ring is 1. The molecule has 7 heteroatoms. The highest BCUT2D eigenvalue weighted by atomic mass is 16.6. The van der Waals surface area contributed by atoms with Gasteiger partial charge in [0.25, 0.3) is 0 Å². The number of benzene rings is 3. The average Bonchev–Trinajstić information content (AvgIpc) is 2.76. The molecule has 3 rings (SSSR count). The SMILES string of the molecule is CC(C)(C)OC(=O)N[C@@H](Cc1ccc(C#Cc2ccc3cc(C(=N)N)ccc3c2)cc1)C(=O)O. The molecule has 0 spiro atoms. The number of carboxylic acid groups (broad SMARTS) is 1. The van der Waals surface area contributed by atoms with Crippen molar-refractivity contribution < 1.29 is 19.4 Å². The van der Waals surface area contributed by atoms with Crippen molar-refractivity contribution in [2.45, 2.75) is 38.8 Å². The number of nitrogens with two attached hydrogens (primary N) is 1. The number of carboxylic acids is 1. The summed E-state index contributed by atoms with van der Waals surface area (Å²) in [6, 6.07) is 17.5. The van der Waals surface area contributed by atoms with Gasteiger partial charge in [0.2, 0.25) is 0 Å². The monoisotopic (exact) mass is 457 g/mol. The normalized spacial score (nSPS) is 11.7. The number of carbonyl (C=O) groups is 2. The van der Waals surface area contributed by atoms with Crippen LogP contribution in [0.1, 0.15) is 43.0 Å². The first-order valence-corrected chi connectivity index (χ1v) is 10.7. The minimum absolute atomic E-state index is 0.0320. The number of fused-ring (bicyclic) bond motifs is 1. The highest BCUT2D eigenvalue weighted by molar-refractivity contribution is 5.99. The molecule has 0 saturated heterocycles. The molecule has 1 atom stereocenters. The zero-order valence-electron chi connectivity index (χ0n) is 19.3. The molecule has 1 amide bonds. The van der Waals surface area contributed by atoms with Crippen molar-refractivity contribution in [3.8, 4) is 11.8 Å². The number of carbonyl (C=O) groups excluding carboxylic acids is 1. The van der Waals surface area contributed by atoms with E-state index < -0.39 is 23.7 Å². The van der Waals surface area contributed by atoms with E-state index in [0.29, 0.717) is 5.56 Å². The van der Waals surface area contributed by atoms with Crippen molar-refractivity contribution in [1.82, 2.24) is 5.32 Å². The molecule has 0 aliphatic carbocycles. The minimum Gasteiger partial charge on any atom is -0.480 e. The van der Waals surface area contributed by atoms with E-state index in [1.165, 1.54) is 0 Å². The maximum atomic E-state index is 11.9. The lowest BCUT2D eigenvalue weighted by Gasteiger charge is -2.22. The van der Waals surface area contributed by atoms with Gasteiger partial charge in [0, 0.05) is 23.1 Å². The fourth-order valence-corrected chi connectivity index (χ4v) is 3.25. The third-order valence-electron chi connectivity index (χ3n) is 4.89. The van der Waals surface area contributed by atoms with Crippen LogP contribution in [0, 0.1) is 17.3 Å². The number of ether oxygens (including phenoxy) is 1. The van der Waals surface area contributed by atoms with Gasteiger partial charge in [0.1, 0.15) is 17.5 Å². The lowest BCUT2D eigenvalue weighted by Crippen LogP contribution is -2.44. The smallest absolute Gasteiger partial charge is 0.408 e. The Morgan fingerprint density at radius 3 is 2.21 bits per heavy atom. The molecule has 0 aliphatic rings. The van der Waals surface area contributed by atoms with Crippen molar-refractivity contribution in [1.29, 1.82) is 5.41 Å². The Kier molecular flexibility index (Phi) is 7.22. The molecule has 0 bridgehead atoms. The maximum Gasteiger partial charge on any atom is 0.408 e. The van der Waals surface area contributed by atoms with Crippen LogP contribution >= 0.6 is 0 Å². The molecule has 34 heavy (non-hydrogen) atoms. The summed E-state index contributed by atoms with van der Waals surface area (Å²) in [5, 5.41) is 21.4. The molecule has 0 saturated carbocycles. The molecule has 0 unspecified atom stereocenters. The van der Waals surface area contributed by atoms with E-state index in [9.17, 15) is 14.7 Å². The largest absolute Gasteiger partial charge is 0.480 e. The average molecular weight is 458 g/mol. The fraction of sp³-hybridized carbons (Fsp3) is 0.222. The lowest BCUT2D eigenvalue weighted by atomic mass is 10.0. The summed E-state index contributed by atoms with van der Waals surface area (Å²) in [4.78, 5) is 23.5. The molecule has 3 aromatic carbocycles. The Morgan fingerprint density at radius 1 is 1.00 bits per heavy atom. The van der Waals surface area contributed by atoms with Crippen molar-refractivity contribution in [2.24, 2.45) is 5.73 Å². The van der Waals surface area contributed by atoms with Gasteiger partial charge in [-0.3, -0.25) is 5.41 Å². The van der Waals surface area contributed by atoms with Crippen LogP contribution in [-0.2, 0) is 16.0 Å². The molecule has 5 N–H and O–H groups in total. The standard InChI is InChI=1S/C27H27N3O4/c1-27(2,3)34-26(33)30-23(25(31)32)15-19-8-5-17(6-9-19)4-7-18-10-11-21-16-22(24(28)29)13-12-20(21)14-18/h5-6,8-14,16,23H,15H2,1-3H3,(H3,28,29)(H,30,33)(H,31,32)/t23-/m0/s1.